The van der Waals surface area contributed by atoms with Crippen LogP contribution >= 0.6 is 11.8 Å². The van der Waals surface area contributed by atoms with E-state index in [9.17, 15) is 9.90 Å². The molecule has 1 amide bonds. The second kappa shape index (κ2) is 8.85. The van der Waals surface area contributed by atoms with Gasteiger partial charge in [0.1, 0.15) is 0 Å². The molecule has 0 saturated heterocycles. The Labute approximate surface area is 147 Å². The van der Waals surface area contributed by atoms with Crippen LogP contribution in [0.25, 0.3) is 0 Å². The van der Waals surface area contributed by atoms with Crippen molar-refractivity contribution in [1.29, 1.82) is 0 Å². The molecule has 2 rings (SSSR count). The number of amides is 1. The molecule has 0 spiro atoms. The number of nitrogens with zero attached hydrogens (tertiary/aromatic N) is 2. The third-order valence-electron chi connectivity index (χ3n) is 3.80. The molecule has 0 radical (unpaired) electrons. The van der Waals surface area contributed by atoms with Crippen molar-refractivity contribution < 1.29 is 9.90 Å². The molecule has 4 nitrogen and oxygen atoms in total. The largest absolute Gasteiger partial charge is 0.387 e. The first-order chi connectivity index (χ1) is 11.5. The highest BCUT2D eigenvalue weighted by Crippen LogP contribution is 2.18. The number of hydrogen-bond donors (Lipinski definition) is 1. The van der Waals surface area contributed by atoms with Gasteiger partial charge in [0.15, 0.2) is 0 Å². The van der Waals surface area contributed by atoms with Gasteiger partial charge in [0.05, 0.1) is 23.2 Å². The Hall–Kier alpha value is -1.85. The summed E-state index contributed by atoms with van der Waals surface area (Å²) in [5, 5.41) is 11.3. The molecule has 1 atom stereocenters. The number of aliphatic hydroxyl groups excluding tert-OH is 1. The summed E-state index contributed by atoms with van der Waals surface area (Å²) in [6.45, 7) is 6.79. The van der Waals surface area contributed by atoms with E-state index in [-0.39, 0.29) is 12.5 Å². The van der Waals surface area contributed by atoms with Gasteiger partial charge in [-0.05, 0) is 37.3 Å². The lowest BCUT2D eigenvalue weighted by molar-refractivity contribution is 0.0634. The topological polar surface area (TPSA) is 53.4 Å². The fourth-order valence-corrected chi connectivity index (χ4v) is 2.97. The molecule has 0 fully saturated rings. The maximum Gasteiger partial charge on any atom is 0.255 e. The highest BCUT2D eigenvalue weighted by Gasteiger charge is 2.19. The first-order valence-corrected chi connectivity index (χ1v) is 9.16. The van der Waals surface area contributed by atoms with Gasteiger partial charge in [-0.3, -0.25) is 4.79 Å². The normalized spacial score (nSPS) is 12.0. The summed E-state index contributed by atoms with van der Waals surface area (Å²) in [4.78, 5) is 18.6. The Morgan fingerprint density at radius 1 is 1.21 bits per heavy atom. The molecule has 2 aromatic rings. The minimum absolute atomic E-state index is 0.107. The van der Waals surface area contributed by atoms with Gasteiger partial charge < -0.3 is 10.0 Å². The smallest absolute Gasteiger partial charge is 0.255 e. The van der Waals surface area contributed by atoms with Crippen molar-refractivity contribution in [3.63, 3.8) is 0 Å². The summed E-state index contributed by atoms with van der Waals surface area (Å²) in [6, 6.07) is 11.4. The van der Waals surface area contributed by atoms with E-state index < -0.39 is 6.10 Å². The minimum atomic E-state index is -0.697. The summed E-state index contributed by atoms with van der Waals surface area (Å²) in [5.74, 6) is 0.841. The third-order valence-corrected chi connectivity index (χ3v) is 4.63. The van der Waals surface area contributed by atoms with Crippen molar-refractivity contribution >= 4 is 17.7 Å². The number of likely N-dealkylation sites (N-methyl/N-ethyl adjacent to an activating group) is 1. The average Bonchev–Trinajstić information content (AvgIpc) is 2.60. The molecular formula is C19H24N2O2S. The molecule has 0 aliphatic carbocycles. The number of carbonyl (C=O) groups excluding carboxylic acids is 1. The van der Waals surface area contributed by atoms with Gasteiger partial charge in [0, 0.05) is 12.7 Å². The minimum Gasteiger partial charge on any atom is -0.387 e. The van der Waals surface area contributed by atoms with Crippen LogP contribution in [0.5, 0.6) is 0 Å². The Morgan fingerprint density at radius 2 is 1.92 bits per heavy atom. The van der Waals surface area contributed by atoms with Crippen molar-refractivity contribution in [3.05, 3.63) is 59.3 Å². The van der Waals surface area contributed by atoms with E-state index in [4.69, 9.17) is 0 Å². The SMILES string of the molecule is CCSc1ccc(C(=O)N(CC)CC(O)c2ccc(C)cc2)cn1. The predicted molar refractivity (Wildman–Crippen MR) is 98.4 cm³/mol. The van der Waals surface area contributed by atoms with Gasteiger partial charge in [0.25, 0.3) is 5.91 Å². The zero-order valence-corrected chi connectivity index (χ0v) is 15.2. The third kappa shape index (κ3) is 4.82. The number of carbonyl (C=O) groups is 1. The molecule has 1 aromatic heterocycles. The summed E-state index contributed by atoms with van der Waals surface area (Å²) in [5.41, 5.74) is 2.51. The first-order valence-electron chi connectivity index (χ1n) is 8.17. The maximum absolute atomic E-state index is 12.6. The molecule has 0 aliphatic heterocycles. The number of benzene rings is 1. The molecule has 5 heteroatoms. The van der Waals surface area contributed by atoms with Gasteiger partial charge in [-0.2, -0.15) is 0 Å². The summed E-state index contributed by atoms with van der Waals surface area (Å²) < 4.78 is 0. The Morgan fingerprint density at radius 3 is 2.46 bits per heavy atom. The molecule has 0 bridgehead atoms. The lowest BCUT2D eigenvalue weighted by atomic mass is 10.1. The fraction of sp³-hybridized carbons (Fsp3) is 0.368. The van der Waals surface area contributed by atoms with Gasteiger partial charge >= 0.3 is 0 Å². The molecule has 1 N–H and O–H groups in total. The van der Waals surface area contributed by atoms with Crippen molar-refractivity contribution in [2.75, 3.05) is 18.8 Å². The van der Waals surface area contributed by atoms with E-state index in [1.165, 1.54) is 0 Å². The average molecular weight is 344 g/mol. The van der Waals surface area contributed by atoms with Crippen LogP contribution in [0.3, 0.4) is 0 Å². The van der Waals surface area contributed by atoms with E-state index in [1.54, 1.807) is 28.9 Å². The number of aliphatic hydroxyl groups is 1. The van der Waals surface area contributed by atoms with Crippen molar-refractivity contribution in [3.8, 4) is 0 Å². The number of rotatable bonds is 7. The second-order valence-electron chi connectivity index (χ2n) is 5.59. The molecular weight excluding hydrogens is 320 g/mol. The number of hydrogen-bond acceptors (Lipinski definition) is 4. The lowest BCUT2D eigenvalue weighted by Crippen LogP contribution is -2.34. The van der Waals surface area contributed by atoms with Crippen LogP contribution in [-0.2, 0) is 0 Å². The summed E-state index contributed by atoms with van der Waals surface area (Å²) in [6.07, 6.45) is 0.915. The van der Waals surface area contributed by atoms with E-state index >= 15 is 0 Å². The van der Waals surface area contributed by atoms with Crippen LogP contribution in [0.2, 0.25) is 0 Å². The van der Waals surface area contributed by atoms with Crippen molar-refractivity contribution in [2.45, 2.75) is 31.9 Å². The lowest BCUT2D eigenvalue weighted by Gasteiger charge is -2.24. The van der Waals surface area contributed by atoms with Gasteiger partial charge in [-0.15, -0.1) is 11.8 Å². The standard InChI is InChI=1S/C19H24N2O2S/c1-4-21(13-17(22)15-8-6-14(3)7-9-15)19(23)16-10-11-18(20-12-16)24-5-2/h6-12,17,22H,4-5,13H2,1-3H3. The molecule has 24 heavy (non-hydrogen) atoms. The molecule has 128 valence electrons. The summed E-state index contributed by atoms with van der Waals surface area (Å²) in [7, 11) is 0. The van der Waals surface area contributed by atoms with Crippen LogP contribution in [0.4, 0.5) is 0 Å². The van der Waals surface area contributed by atoms with Crippen LogP contribution in [0.1, 0.15) is 41.4 Å². The Balaban J connectivity index is 2.06. The number of aromatic nitrogens is 1. The van der Waals surface area contributed by atoms with Crippen LogP contribution in [0.15, 0.2) is 47.6 Å². The zero-order valence-electron chi connectivity index (χ0n) is 14.4. The quantitative estimate of drug-likeness (QED) is 0.778. The Bertz CT molecular complexity index is 656. The fourth-order valence-electron chi connectivity index (χ4n) is 2.38. The van der Waals surface area contributed by atoms with Crippen molar-refractivity contribution in [1.82, 2.24) is 9.88 Å². The molecule has 0 aliphatic rings. The van der Waals surface area contributed by atoms with E-state index in [0.717, 1.165) is 21.9 Å². The highest BCUT2D eigenvalue weighted by molar-refractivity contribution is 7.99. The molecule has 1 heterocycles. The van der Waals surface area contributed by atoms with E-state index in [1.807, 2.05) is 44.2 Å². The number of aryl methyl sites for hydroxylation is 1. The van der Waals surface area contributed by atoms with E-state index in [2.05, 4.69) is 11.9 Å². The van der Waals surface area contributed by atoms with Gasteiger partial charge in [-0.1, -0.05) is 36.8 Å². The highest BCUT2D eigenvalue weighted by atomic mass is 32.2. The number of pyridine rings is 1. The van der Waals surface area contributed by atoms with Crippen LogP contribution < -0.4 is 0 Å². The first kappa shape index (κ1) is 18.5. The van der Waals surface area contributed by atoms with Crippen LogP contribution in [-0.4, -0.2) is 39.7 Å². The number of thioether (sulfide) groups is 1. The summed E-state index contributed by atoms with van der Waals surface area (Å²) >= 11 is 1.64. The second-order valence-corrected chi connectivity index (χ2v) is 6.87. The van der Waals surface area contributed by atoms with Gasteiger partial charge in [-0.25, -0.2) is 4.98 Å². The van der Waals surface area contributed by atoms with Crippen LogP contribution in [0, 0.1) is 6.92 Å². The monoisotopic (exact) mass is 344 g/mol. The molecule has 1 unspecified atom stereocenters. The maximum atomic E-state index is 12.6. The zero-order chi connectivity index (χ0) is 17.5. The molecule has 1 aromatic carbocycles. The van der Waals surface area contributed by atoms with E-state index in [0.29, 0.717) is 12.1 Å². The van der Waals surface area contributed by atoms with Crippen molar-refractivity contribution in [2.24, 2.45) is 0 Å². The predicted octanol–water partition coefficient (Wildman–Crippen LogP) is 3.70. The van der Waals surface area contributed by atoms with Gasteiger partial charge in [0.2, 0.25) is 0 Å². The molecule has 0 saturated carbocycles. The Kier molecular flexibility index (Phi) is 6.82.